The van der Waals surface area contributed by atoms with Gasteiger partial charge in [0, 0.05) is 29.6 Å². The number of hydrogen-bond donors (Lipinski definition) is 2. The molecule has 8 nitrogen and oxygen atoms in total. The number of benzene rings is 2. The van der Waals surface area contributed by atoms with E-state index < -0.39 is 12.0 Å². The van der Waals surface area contributed by atoms with Gasteiger partial charge in [0.05, 0.1) is 32.4 Å². The van der Waals surface area contributed by atoms with Crippen LogP contribution in [-0.4, -0.2) is 49.3 Å². The second-order valence-corrected chi connectivity index (χ2v) is 7.91. The zero-order chi connectivity index (χ0) is 24.8. The van der Waals surface area contributed by atoms with Crippen molar-refractivity contribution in [2.75, 3.05) is 32.7 Å². The van der Waals surface area contributed by atoms with Crippen molar-refractivity contribution in [3.05, 3.63) is 64.9 Å². The number of anilines is 1. The molecule has 1 aliphatic heterocycles. The highest BCUT2D eigenvalue weighted by molar-refractivity contribution is 7.80. The third-order valence-electron chi connectivity index (χ3n) is 5.50. The summed E-state index contributed by atoms with van der Waals surface area (Å²) in [6, 6.07) is 11.7. The van der Waals surface area contributed by atoms with Crippen molar-refractivity contribution in [2.45, 2.75) is 26.8 Å². The van der Waals surface area contributed by atoms with E-state index in [4.69, 9.17) is 26.4 Å². The summed E-state index contributed by atoms with van der Waals surface area (Å²) in [6.45, 7) is 6.47. The van der Waals surface area contributed by atoms with Crippen molar-refractivity contribution < 1.29 is 23.8 Å². The summed E-state index contributed by atoms with van der Waals surface area (Å²) in [6.07, 6.45) is 0. The zero-order valence-electron chi connectivity index (χ0n) is 19.9. The van der Waals surface area contributed by atoms with Crippen LogP contribution in [0, 0.1) is 0 Å². The molecule has 2 aromatic carbocycles. The Morgan fingerprint density at radius 3 is 2.35 bits per heavy atom. The summed E-state index contributed by atoms with van der Waals surface area (Å²) in [5, 5.41) is 6.67. The Bertz CT molecular complexity index is 1110. The largest absolute Gasteiger partial charge is 0.497 e. The van der Waals surface area contributed by atoms with Crippen molar-refractivity contribution in [1.82, 2.24) is 10.2 Å². The first-order valence-corrected chi connectivity index (χ1v) is 11.3. The lowest BCUT2D eigenvalue weighted by molar-refractivity contribution is -0.139. The average Bonchev–Trinajstić information content (AvgIpc) is 2.83. The molecular formula is C25H29N3O5S. The summed E-state index contributed by atoms with van der Waals surface area (Å²) in [7, 11) is 3.05. The first kappa shape index (κ1) is 25.0. The molecule has 1 amide bonds. The normalized spacial score (nSPS) is 15.5. The van der Waals surface area contributed by atoms with Gasteiger partial charge >= 0.3 is 5.97 Å². The smallest absolute Gasteiger partial charge is 0.338 e. The third-order valence-corrected chi connectivity index (χ3v) is 5.84. The highest BCUT2D eigenvalue weighted by Crippen LogP contribution is 2.32. The monoisotopic (exact) mass is 483 g/mol. The lowest BCUT2D eigenvalue weighted by Gasteiger charge is -2.37. The number of allylic oxidation sites excluding steroid dienone is 1. The molecule has 1 atom stereocenters. The van der Waals surface area contributed by atoms with E-state index in [1.54, 1.807) is 31.2 Å². The summed E-state index contributed by atoms with van der Waals surface area (Å²) in [5.74, 6) is 0.295. The fourth-order valence-electron chi connectivity index (χ4n) is 3.82. The minimum Gasteiger partial charge on any atom is -0.497 e. The van der Waals surface area contributed by atoms with Crippen molar-refractivity contribution >= 4 is 34.9 Å². The number of ether oxygens (including phenoxy) is 3. The predicted octanol–water partition coefficient (Wildman–Crippen LogP) is 4.04. The quantitative estimate of drug-likeness (QED) is 0.430. The second-order valence-electron chi connectivity index (χ2n) is 7.53. The maximum absolute atomic E-state index is 12.9. The van der Waals surface area contributed by atoms with Crippen molar-refractivity contribution in [2.24, 2.45) is 0 Å². The van der Waals surface area contributed by atoms with Gasteiger partial charge in [0.2, 0.25) is 0 Å². The molecule has 180 valence electrons. The third kappa shape index (κ3) is 5.31. The molecule has 1 aliphatic rings. The number of thiocarbonyl (C=S) groups is 1. The Kier molecular flexibility index (Phi) is 8.12. The second kappa shape index (κ2) is 11.0. The van der Waals surface area contributed by atoms with E-state index in [1.165, 1.54) is 14.2 Å². The molecule has 2 N–H and O–H groups in total. The lowest BCUT2D eigenvalue weighted by atomic mass is 9.94. The van der Waals surface area contributed by atoms with Crippen LogP contribution in [-0.2, 0) is 9.53 Å². The van der Waals surface area contributed by atoms with Gasteiger partial charge < -0.3 is 29.7 Å². The van der Waals surface area contributed by atoms with Crippen molar-refractivity contribution in [3.8, 4) is 11.5 Å². The fraction of sp³-hybridized carbons (Fsp3) is 0.320. The Hall–Kier alpha value is -3.59. The zero-order valence-corrected chi connectivity index (χ0v) is 20.7. The molecule has 1 unspecified atom stereocenters. The van der Waals surface area contributed by atoms with Crippen LogP contribution < -0.4 is 20.1 Å². The highest BCUT2D eigenvalue weighted by Gasteiger charge is 2.34. The van der Waals surface area contributed by atoms with Crippen LogP contribution in [0.4, 0.5) is 5.69 Å². The minimum absolute atomic E-state index is 0.263. The maximum atomic E-state index is 12.9. The van der Waals surface area contributed by atoms with E-state index in [0.717, 1.165) is 11.3 Å². The average molecular weight is 484 g/mol. The number of hydrogen-bond acceptors (Lipinski definition) is 6. The number of esters is 1. The van der Waals surface area contributed by atoms with Gasteiger partial charge in [-0.15, -0.1) is 0 Å². The molecule has 2 aromatic rings. The van der Waals surface area contributed by atoms with E-state index in [0.29, 0.717) is 40.0 Å². The summed E-state index contributed by atoms with van der Waals surface area (Å²) in [4.78, 5) is 27.6. The molecule has 3 rings (SSSR count). The summed E-state index contributed by atoms with van der Waals surface area (Å²) >= 11 is 5.53. The Morgan fingerprint density at radius 2 is 1.76 bits per heavy atom. The van der Waals surface area contributed by atoms with Gasteiger partial charge in [0.15, 0.2) is 5.11 Å². The van der Waals surface area contributed by atoms with Gasteiger partial charge in [0.25, 0.3) is 5.91 Å². The number of amides is 1. The number of nitrogens with zero attached hydrogens (tertiary/aromatic N) is 1. The molecule has 1 heterocycles. The molecule has 0 spiro atoms. The molecule has 0 saturated heterocycles. The van der Waals surface area contributed by atoms with Crippen molar-refractivity contribution in [3.63, 3.8) is 0 Å². The molecule has 0 aliphatic carbocycles. The van der Waals surface area contributed by atoms with E-state index in [1.807, 2.05) is 36.9 Å². The SMILES string of the molecule is CCOC(=O)C1=C(C)N(CC)C(=S)NC1c1cccc(NC(=O)c2cc(OC)cc(OC)c2)c1. The lowest BCUT2D eigenvalue weighted by Crippen LogP contribution is -2.47. The highest BCUT2D eigenvalue weighted by atomic mass is 32.1. The Labute approximate surface area is 204 Å². The first-order valence-electron chi connectivity index (χ1n) is 10.9. The van der Waals surface area contributed by atoms with E-state index >= 15 is 0 Å². The number of carbonyl (C=O) groups is 2. The van der Waals surface area contributed by atoms with Crippen molar-refractivity contribution in [1.29, 1.82) is 0 Å². The molecule has 0 aromatic heterocycles. The van der Waals surface area contributed by atoms with E-state index in [-0.39, 0.29) is 12.5 Å². The minimum atomic E-state index is -0.511. The van der Waals surface area contributed by atoms with Gasteiger partial charge in [-0.1, -0.05) is 12.1 Å². The molecular weight excluding hydrogens is 454 g/mol. The first-order chi connectivity index (χ1) is 16.3. The van der Waals surface area contributed by atoms with Gasteiger partial charge in [0.1, 0.15) is 11.5 Å². The van der Waals surface area contributed by atoms with Gasteiger partial charge in [-0.25, -0.2) is 4.79 Å². The molecule has 0 fully saturated rings. The summed E-state index contributed by atoms with van der Waals surface area (Å²) < 4.78 is 15.8. The van der Waals surface area contributed by atoms with Crippen LogP contribution >= 0.6 is 12.2 Å². The molecule has 0 saturated carbocycles. The van der Waals surface area contributed by atoms with Crippen LogP contribution in [0.15, 0.2) is 53.7 Å². The Morgan fingerprint density at radius 1 is 1.09 bits per heavy atom. The van der Waals surface area contributed by atoms with E-state index in [9.17, 15) is 9.59 Å². The summed E-state index contributed by atoms with van der Waals surface area (Å²) in [5.41, 5.74) is 2.95. The topological polar surface area (TPSA) is 89.1 Å². The van der Waals surface area contributed by atoms with Gasteiger partial charge in [-0.3, -0.25) is 4.79 Å². The van der Waals surface area contributed by atoms with Gasteiger partial charge in [-0.2, -0.15) is 0 Å². The number of carbonyl (C=O) groups excluding carboxylic acids is 2. The molecule has 9 heteroatoms. The molecule has 0 bridgehead atoms. The van der Waals surface area contributed by atoms with Crippen LogP contribution in [0.5, 0.6) is 11.5 Å². The molecule has 0 radical (unpaired) electrons. The standard InChI is InChI=1S/C25H29N3O5S/c1-6-28-15(3)21(24(30)33-7-2)22(27-25(28)34)16-9-8-10-18(11-16)26-23(29)17-12-19(31-4)14-20(13-17)32-5/h8-14,22H,6-7H2,1-5H3,(H,26,29)(H,27,34). The Balaban J connectivity index is 1.93. The van der Waals surface area contributed by atoms with Crippen LogP contribution in [0.3, 0.4) is 0 Å². The number of methoxy groups -OCH3 is 2. The van der Waals surface area contributed by atoms with Gasteiger partial charge in [-0.05, 0) is 62.8 Å². The fourth-order valence-corrected chi connectivity index (χ4v) is 4.21. The maximum Gasteiger partial charge on any atom is 0.338 e. The van der Waals surface area contributed by atoms with Crippen LogP contribution in [0.25, 0.3) is 0 Å². The molecule has 34 heavy (non-hydrogen) atoms. The number of nitrogens with one attached hydrogen (secondary N) is 2. The van der Waals surface area contributed by atoms with Crippen LogP contribution in [0.1, 0.15) is 42.7 Å². The van der Waals surface area contributed by atoms with E-state index in [2.05, 4.69) is 10.6 Å². The van der Waals surface area contributed by atoms with Crippen LogP contribution in [0.2, 0.25) is 0 Å². The number of rotatable bonds is 8. The predicted molar refractivity (Wildman–Crippen MR) is 134 cm³/mol.